The summed E-state index contributed by atoms with van der Waals surface area (Å²) in [6.45, 7) is 2.21. The molecule has 0 saturated carbocycles. The second-order valence-electron chi connectivity index (χ2n) is 3.91. The summed E-state index contributed by atoms with van der Waals surface area (Å²) in [6.07, 6.45) is -3.81. The fourth-order valence-electron chi connectivity index (χ4n) is 1.54. The van der Waals surface area contributed by atoms with E-state index in [0.717, 1.165) is 18.6 Å². The van der Waals surface area contributed by atoms with Crippen LogP contribution in [0.3, 0.4) is 0 Å². The maximum absolute atomic E-state index is 13.0. The Bertz CT molecular complexity index is 392. The largest absolute Gasteiger partial charge is 0.416 e. The van der Waals surface area contributed by atoms with Crippen LogP contribution in [0, 0.1) is 5.82 Å². The van der Waals surface area contributed by atoms with Crippen molar-refractivity contribution in [1.82, 2.24) is 0 Å². The topological polar surface area (TPSA) is 35.2 Å². The zero-order valence-corrected chi connectivity index (χ0v) is 9.93. The van der Waals surface area contributed by atoms with Crippen LogP contribution in [0.25, 0.3) is 0 Å². The normalized spacial score (nSPS) is 13.7. The van der Waals surface area contributed by atoms with Crippen molar-refractivity contribution in [3.63, 3.8) is 0 Å². The molecule has 0 bridgehead atoms. The first-order valence-corrected chi connectivity index (χ1v) is 5.56. The predicted molar refractivity (Wildman–Crippen MR) is 59.4 cm³/mol. The minimum absolute atomic E-state index is 0.0691. The van der Waals surface area contributed by atoms with E-state index in [-0.39, 0.29) is 12.2 Å². The van der Waals surface area contributed by atoms with Gasteiger partial charge in [-0.05, 0) is 30.2 Å². The van der Waals surface area contributed by atoms with E-state index in [2.05, 4.69) is 0 Å². The summed E-state index contributed by atoms with van der Waals surface area (Å²) >= 11 is 0. The molecule has 18 heavy (non-hydrogen) atoms. The molecule has 1 aromatic carbocycles. The third kappa shape index (κ3) is 3.96. The Hall–Kier alpha value is -1.14. The monoisotopic (exact) mass is 265 g/mol. The van der Waals surface area contributed by atoms with E-state index in [1.807, 2.05) is 6.92 Å². The zero-order chi connectivity index (χ0) is 13.8. The number of rotatable bonds is 5. The van der Waals surface area contributed by atoms with Gasteiger partial charge in [-0.15, -0.1) is 0 Å². The molecule has 2 N–H and O–H groups in total. The first-order chi connectivity index (χ1) is 8.36. The second kappa shape index (κ2) is 6.15. The van der Waals surface area contributed by atoms with E-state index in [9.17, 15) is 17.6 Å². The minimum atomic E-state index is -4.55. The van der Waals surface area contributed by atoms with Gasteiger partial charge >= 0.3 is 6.18 Å². The molecule has 0 saturated heterocycles. The molecule has 0 aromatic heterocycles. The number of alkyl halides is 3. The Labute approximate surface area is 103 Å². The SMILES string of the molecule is CCCOCC(N)c1cc(F)ccc1C(F)(F)F. The van der Waals surface area contributed by atoms with Gasteiger partial charge in [-0.3, -0.25) is 0 Å². The van der Waals surface area contributed by atoms with Gasteiger partial charge in [0.25, 0.3) is 0 Å². The molecule has 1 aromatic rings. The maximum atomic E-state index is 13.0. The third-order valence-corrected chi connectivity index (χ3v) is 2.36. The molecular weight excluding hydrogens is 250 g/mol. The average Bonchev–Trinajstić information content (AvgIpc) is 2.27. The van der Waals surface area contributed by atoms with Crippen molar-refractivity contribution in [2.24, 2.45) is 5.73 Å². The Morgan fingerprint density at radius 1 is 1.33 bits per heavy atom. The summed E-state index contributed by atoms with van der Waals surface area (Å²) in [5.41, 5.74) is 4.41. The molecule has 0 aliphatic heterocycles. The second-order valence-corrected chi connectivity index (χ2v) is 3.91. The number of ether oxygens (including phenoxy) is 1. The Balaban J connectivity index is 2.94. The molecule has 102 valence electrons. The van der Waals surface area contributed by atoms with Gasteiger partial charge < -0.3 is 10.5 Å². The quantitative estimate of drug-likeness (QED) is 0.655. The van der Waals surface area contributed by atoms with E-state index in [1.54, 1.807) is 0 Å². The summed E-state index contributed by atoms with van der Waals surface area (Å²) < 4.78 is 56.2. The Kier molecular flexibility index (Phi) is 5.10. The van der Waals surface area contributed by atoms with Crippen LogP contribution < -0.4 is 5.73 Å². The fraction of sp³-hybridized carbons (Fsp3) is 0.500. The maximum Gasteiger partial charge on any atom is 0.416 e. The molecule has 0 heterocycles. The number of nitrogens with two attached hydrogens (primary N) is 1. The van der Waals surface area contributed by atoms with Crippen LogP contribution >= 0.6 is 0 Å². The molecule has 0 aliphatic carbocycles. The summed E-state index contributed by atoms with van der Waals surface area (Å²) in [6, 6.07) is 1.28. The predicted octanol–water partition coefficient (Wildman–Crippen LogP) is 3.27. The number of hydrogen-bond acceptors (Lipinski definition) is 2. The summed E-state index contributed by atoms with van der Waals surface area (Å²) in [4.78, 5) is 0. The van der Waals surface area contributed by atoms with Crippen LogP contribution in [-0.2, 0) is 10.9 Å². The van der Waals surface area contributed by atoms with Gasteiger partial charge in [-0.1, -0.05) is 6.92 Å². The third-order valence-electron chi connectivity index (χ3n) is 2.36. The Morgan fingerprint density at radius 2 is 2.00 bits per heavy atom. The summed E-state index contributed by atoms with van der Waals surface area (Å²) in [5, 5.41) is 0. The fourth-order valence-corrected chi connectivity index (χ4v) is 1.54. The van der Waals surface area contributed by atoms with E-state index >= 15 is 0 Å². The molecule has 6 heteroatoms. The first kappa shape index (κ1) is 14.9. The van der Waals surface area contributed by atoms with Crippen molar-refractivity contribution in [3.05, 3.63) is 35.1 Å². The minimum Gasteiger partial charge on any atom is -0.379 e. The lowest BCUT2D eigenvalue weighted by Gasteiger charge is -2.18. The van der Waals surface area contributed by atoms with Crippen molar-refractivity contribution in [2.75, 3.05) is 13.2 Å². The zero-order valence-electron chi connectivity index (χ0n) is 9.93. The summed E-state index contributed by atoms with van der Waals surface area (Å²) in [7, 11) is 0. The first-order valence-electron chi connectivity index (χ1n) is 5.56. The van der Waals surface area contributed by atoms with E-state index < -0.39 is 23.6 Å². The van der Waals surface area contributed by atoms with Crippen LogP contribution in [0.2, 0.25) is 0 Å². The van der Waals surface area contributed by atoms with Gasteiger partial charge in [-0.2, -0.15) is 13.2 Å². The van der Waals surface area contributed by atoms with Crippen molar-refractivity contribution >= 4 is 0 Å². The van der Waals surface area contributed by atoms with Crippen molar-refractivity contribution < 1.29 is 22.3 Å². The van der Waals surface area contributed by atoms with Crippen molar-refractivity contribution in [2.45, 2.75) is 25.6 Å². The highest BCUT2D eigenvalue weighted by atomic mass is 19.4. The van der Waals surface area contributed by atoms with Crippen LogP contribution in [0.15, 0.2) is 18.2 Å². The highest BCUT2D eigenvalue weighted by molar-refractivity contribution is 5.33. The van der Waals surface area contributed by atoms with Gasteiger partial charge in [0.05, 0.1) is 18.2 Å². The van der Waals surface area contributed by atoms with Gasteiger partial charge in [0.2, 0.25) is 0 Å². The van der Waals surface area contributed by atoms with Crippen LogP contribution in [-0.4, -0.2) is 13.2 Å². The average molecular weight is 265 g/mol. The molecular formula is C12H15F4NO. The smallest absolute Gasteiger partial charge is 0.379 e. The molecule has 0 radical (unpaired) electrons. The van der Waals surface area contributed by atoms with Crippen LogP contribution in [0.4, 0.5) is 17.6 Å². The van der Waals surface area contributed by atoms with E-state index in [0.29, 0.717) is 12.7 Å². The molecule has 2 nitrogen and oxygen atoms in total. The van der Waals surface area contributed by atoms with Crippen LogP contribution in [0.1, 0.15) is 30.5 Å². The number of hydrogen-bond donors (Lipinski definition) is 1. The lowest BCUT2D eigenvalue weighted by molar-refractivity contribution is -0.138. The standard InChI is InChI=1S/C12H15F4NO/c1-2-5-18-7-11(17)9-6-8(13)3-4-10(9)12(14,15)16/h3-4,6,11H,2,5,7,17H2,1H3. The van der Waals surface area contributed by atoms with Gasteiger partial charge in [-0.25, -0.2) is 4.39 Å². The molecule has 1 unspecified atom stereocenters. The van der Waals surface area contributed by atoms with Crippen molar-refractivity contribution in [3.8, 4) is 0 Å². The highest BCUT2D eigenvalue weighted by Crippen LogP contribution is 2.34. The summed E-state index contributed by atoms with van der Waals surface area (Å²) in [5.74, 6) is -0.746. The lowest BCUT2D eigenvalue weighted by Crippen LogP contribution is -2.22. The van der Waals surface area contributed by atoms with Gasteiger partial charge in [0.15, 0.2) is 0 Å². The number of halogens is 4. The van der Waals surface area contributed by atoms with Gasteiger partial charge in [0, 0.05) is 6.61 Å². The molecule has 0 fully saturated rings. The number of benzene rings is 1. The molecule has 0 aliphatic rings. The van der Waals surface area contributed by atoms with E-state index in [4.69, 9.17) is 10.5 Å². The molecule has 1 atom stereocenters. The molecule has 0 amide bonds. The lowest BCUT2D eigenvalue weighted by atomic mass is 10.0. The molecule has 1 rings (SSSR count). The van der Waals surface area contributed by atoms with E-state index in [1.165, 1.54) is 0 Å². The molecule has 0 spiro atoms. The van der Waals surface area contributed by atoms with Crippen molar-refractivity contribution in [1.29, 1.82) is 0 Å². The van der Waals surface area contributed by atoms with Gasteiger partial charge in [0.1, 0.15) is 5.82 Å². The Morgan fingerprint density at radius 3 is 2.56 bits per heavy atom. The van der Waals surface area contributed by atoms with Crippen LogP contribution in [0.5, 0.6) is 0 Å². The highest BCUT2D eigenvalue weighted by Gasteiger charge is 2.34.